The summed E-state index contributed by atoms with van der Waals surface area (Å²) in [4.78, 5) is 0. The third-order valence-corrected chi connectivity index (χ3v) is 3.96. The molecule has 1 atom stereocenters. The number of ether oxygens (including phenoxy) is 2. The molecule has 0 bridgehead atoms. The highest BCUT2D eigenvalue weighted by molar-refractivity contribution is 6.30. The van der Waals surface area contributed by atoms with Gasteiger partial charge in [0, 0.05) is 29.9 Å². The third-order valence-electron chi connectivity index (χ3n) is 3.70. The van der Waals surface area contributed by atoms with Crippen LogP contribution in [0, 0.1) is 0 Å². The molecule has 1 unspecified atom stereocenters. The number of nitrogens with one attached hydrogen (secondary N) is 1. The molecule has 2 aromatic rings. The normalized spacial score (nSPS) is 17.4. The minimum atomic E-state index is 0.241. The molecule has 0 aliphatic carbocycles. The molecule has 0 spiro atoms. The Labute approximate surface area is 136 Å². The fourth-order valence-corrected chi connectivity index (χ4v) is 2.59. The fraction of sp³-hybridized carbons (Fsp3) is 0.333. The lowest BCUT2D eigenvalue weighted by Crippen LogP contribution is -2.16. The van der Waals surface area contributed by atoms with Gasteiger partial charge >= 0.3 is 0 Å². The van der Waals surface area contributed by atoms with Crippen LogP contribution in [0.15, 0.2) is 48.5 Å². The molecule has 0 amide bonds. The fourth-order valence-electron chi connectivity index (χ4n) is 2.47. The molecule has 1 saturated heterocycles. The predicted molar refractivity (Wildman–Crippen MR) is 89.7 cm³/mol. The van der Waals surface area contributed by atoms with Crippen molar-refractivity contribution in [2.75, 3.05) is 18.5 Å². The topological polar surface area (TPSA) is 30.5 Å². The number of benzene rings is 2. The van der Waals surface area contributed by atoms with E-state index in [1.807, 2.05) is 48.5 Å². The van der Waals surface area contributed by atoms with Crippen LogP contribution in [-0.2, 0) is 11.3 Å². The van der Waals surface area contributed by atoms with Crippen molar-refractivity contribution in [1.82, 2.24) is 0 Å². The van der Waals surface area contributed by atoms with E-state index < -0.39 is 0 Å². The van der Waals surface area contributed by atoms with E-state index in [-0.39, 0.29) is 6.10 Å². The maximum absolute atomic E-state index is 5.89. The molecule has 3 rings (SSSR count). The van der Waals surface area contributed by atoms with Gasteiger partial charge in [0.15, 0.2) is 0 Å². The van der Waals surface area contributed by atoms with Crippen molar-refractivity contribution in [3.05, 3.63) is 59.1 Å². The van der Waals surface area contributed by atoms with E-state index in [9.17, 15) is 0 Å². The van der Waals surface area contributed by atoms with Gasteiger partial charge in [0.2, 0.25) is 0 Å². The van der Waals surface area contributed by atoms with Crippen LogP contribution in [0.4, 0.5) is 5.69 Å². The minimum Gasteiger partial charge on any atom is -0.491 e. The van der Waals surface area contributed by atoms with Gasteiger partial charge in [-0.1, -0.05) is 29.8 Å². The Hall–Kier alpha value is -1.71. The lowest BCUT2D eigenvalue weighted by atomic mass is 10.2. The molecule has 1 aliphatic heterocycles. The van der Waals surface area contributed by atoms with Crippen molar-refractivity contribution < 1.29 is 9.47 Å². The Morgan fingerprint density at radius 2 is 2.05 bits per heavy atom. The van der Waals surface area contributed by atoms with Crippen LogP contribution in [0.3, 0.4) is 0 Å². The summed E-state index contributed by atoms with van der Waals surface area (Å²) < 4.78 is 11.4. The summed E-state index contributed by atoms with van der Waals surface area (Å²) in [6.45, 7) is 2.24. The number of halogens is 1. The quantitative estimate of drug-likeness (QED) is 0.850. The van der Waals surface area contributed by atoms with Crippen LogP contribution in [0.25, 0.3) is 0 Å². The van der Waals surface area contributed by atoms with Crippen LogP contribution < -0.4 is 10.1 Å². The van der Waals surface area contributed by atoms with E-state index >= 15 is 0 Å². The van der Waals surface area contributed by atoms with Gasteiger partial charge in [-0.15, -0.1) is 0 Å². The van der Waals surface area contributed by atoms with Gasteiger partial charge in [-0.05, 0) is 42.7 Å². The molecule has 1 aliphatic rings. The lowest BCUT2D eigenvalue weighted by molar-refractivity contribution is 0.0680. The van der Waals surface area contributed by atoms with Crippen molar-refractivity contribution in [2.24, 2.45) is 0 Å². The van der Waals surface area contributed by atoms with E-state index in [4.69, 9.17) is 21.1 Å². The Kier molecular flexibility index (Phi) is 5.20. The van der Waals surface area contributed by atoms with Gasteiger partial charge < -0.3 is 14.8 Å². The highest BCUT2D eigenvalue weighted by atomic mass is 35.5. The molecule has 1 heterocycles. The second-order valence-corrected chi connectivity index (χ2v) is 5.89. The molecule has 0 aromatic heterocycles. The first kappa shape index (κ1) is 15.2. The molecule has 3 nitrogen and oxygen atoms in total. The van der Waals surface area contributed by atoms with E-state index in [2.05, 4.69) is 5.32 Å². The van der Waals surface area contributed by atoms with Gasteiger partial charge in [0.05, 0.1) is 6.10 Å². The van der Waals surface area contributed by atoms with Crippen LogP contribution in [0.1, 0.15) is 18.4 Å². The zero-order chi connectivity index (χ0) is 15.2. The van der Waals surface area contributed by atoms with Crippen molar-refractivity contribution in [2.45, 2.75) is 25.5 Å². The molecular weight excluding hydrogens is 298 g/mol. The summed E-state index contributed by atoms with van der Waals surface area (Å²) in [5.74, 6) is 0.872. The minimum absolute atomic E-state index is 0.241. The highest BCUT2D eigenvalue weighted by Gasteiger charge is 2.15. The van der Waals surface area contributed by atoms with Gasteiger partial charge in [0.1, 0.15) is 12.4 Å². The van der Waals surface area contributed by atoms with Crippen molar-refractivity contribution >= 4 is 17.3 Å². The molecule has 4 heteroatoms. The van der Waals surface area contributed by atoms with Gasteiger partial charge in [-0.25, -0.2) is 0 Å². The second-order valence-electron chi connectivity index (χ2n) is 5.45. The molecular formula is C18H20ClNO2. The van der Waals surface area contributed by atoms with E-state index in [1.54, 1.807) is 0 Å². The maximum atomic E-state index is 5.89. The molecule has 116 valence electrons. The maximum Gasteiger partial charge on any atom is 0.121 e. The Balaban J connectivity index is 1.52. The Morgan fingerprint density at radius 3 is 2.82 bits per heavy atom. The van der Waals surface area contributed by atoms with E-state index in [0.717, 1.165) is 42.5 Å². The Bertz CT molecular complexity index is 594. The van der Waals surface area contributed by atoms with E-state index in [0.29, 0.717) is 6.61 Å². The Morgan fingerprint density at radius 1 is 1.18 bits per heavy atom. The van der Waals surface area contributed by atoms with Gasteiger partial charge in [-0.2, -0.15) is 0 Å². The first-order valence-electron chi connectivity index (χ1n) is 7.62. The number of rotatable bonds is 6. The average molecular weight is 318 g/mol. The van der Waals surface area contributed by atoms with Crippen LogP contribution in [0.2, 0.25) is 5.02 Å². The summed E-state index contributed by atoms with van der Waals surface area (Å²) in [6.07, 6.45) is 2.47. The summed E-state index contributed by atoms with van der Waals surface area (Å²) in [5.41, 5.74) is 2.23. The van der Waals surface area contributed by atoms with Crippen LogP contribution >= 0.6 is 11.6 Å². The van der Waals surface area contributed by atoms with Crippen molar-refractivity contribution in [1.29, 1.82) is 0 Å². The number of hydrogen-bond donors (Lipinski definition) is 1. The van der Waals surface area contributed by atoms with E-state index in [1.165, 1.54) is 5.56 Å². The molecule has 0 radical (unpaired) electrons. The summed E-state index contributed by atoms with van der Waals surface area (Å²) in [5, 5.41) is 4.15. The van der Waals surface area contributed by atoms with Gasteiger partial charge in [0.25, 0.3) is 0 Å². The average Bonchev–Trinajstić information content (AvgIpc) is 3.06. The molecule has 1 fully saturated rings. The standard InChI is InChI=1S/C18H20ClNO2/c19-15-8-6-14(7-9-15)12-20-16-3-1-4-17(11-16)22-13-18-5-2-10-21-18/h1,3-4,6-9,11,18,20H,2,5,10,12-13H2. The number of hydrogen-bond acceptors (Lipinski definition) is 3. The smallest absolute Gasteiger partial charge is 0.121 e. The van der Waals surface area contributed by atoms with Gasteiger partial charge in [-0.3, -0.25) is 0 Å². The molecule has 0 saturated carbocycles. The number of anilines is 1. The first-order chi connectivity index (χ1) is 10.8. The highest BCUT2D eigenvalue weighted by Crippen LogP contribution is 2.20. The SMILES string of the molecule is Clc1ccc(CNc2cccc(OCC3CCCO3)c2)cc1. The van der Waals surface area contributed by atoms with Crippen LogP contribution in [-0.4, -0.2) is 19.3 Å². The zero-order valence-corrected chi connectivity index (χ0v) is 13.2. The molecule has 22 heavy (non-hydrogen) atoms. The lowest BCUT2D eigenvalue weighted by Gasteiger charge is -2.13. The largest absolute Gasteiger partial charge is 0.491 e. The summed E-state index contributed by atoms with van der Waals surface area (Å²) in [7, 11) is 0. The second kappa shape index (κ2) is 7.52. The monoisotopic (exact) mass is 317 g/mol. The molecule has 2 aromatic carbocycles. The zero-order valence-electron chi connectivity index (χ0n) is 12.4. The summed E-state index contributed by atoms with van der Waals surface area (Å²) in [6, 6.07) is 15.9. The summed E-state index contributed by atoms with van der Waals surface area (Å²) >= 11 is 5.89. The first-order valence-corrected chi connectivity index (χ1v) is 8.00. The molecule has 1 N–H and O–H groups in total. The van der Waals surface area contributed by atoms with Crippen LogP contribution in [0.5, 0.6) is 5.75 Å². The van der Waals surface area contributed by atoms with Crippen molar-refractivity contribution in [3.63, 3.8) is 0 Å². The third kappa shape index (κ3) is 4.39. The predicted octanol–water partition coefficient (Wildman–Crippen LogP) is 4.51. The van der Waals surface area contributed by atoms with Crippen molar-refractivity contribution in [3.8, 4) is 5.75 Å².